The maximum Gasteiger partial charge on any atom is 0.115 e. The van der Waals surface area contributed by atoms with E-state index in [2.05, 4.69) is 81.2 Å². The zero-order valence-electron chi connectivity index (χ0n) is 17.9. The highest BCUT2D eigenvalue weighted by molar-refractivity contribution is 4.95. The highest BCUT2D eigenvalue weighted by Gasteiger charge is 2.50. The SMILES string of the molecule is CC1C(C)C(C)C(C)(C)OC1N(C)C1OC(C)(C)C(C)C(C)C1C. The van der Waals surface area contributed by atoms with E-state index >= 15 is 0 Å². The van der Waals surface area contributed by atoms with Gasteiger partial charge < -0.3 is 9.47 Å². The van der Waals surface area contributed by atoms with Crippen molar-refractivity contribution in [3.63, 3.8) is 0 Å². The molecule has 2 fully saturated rings. The van der Waals surface area contributed by atoms with Gasteiger partial charge in [-0.25, -0.2) is 0 Å². The van der Waals surface area contributed by atoms with E-state index in [4.69, 9.17) is 9.47 Å². The largest absolute Gasteiger partial charge is 0.357 e. The Balaban J connectivity index is 2.25. The van der Waals surface area contributed by atoms with Crippen molar-refractivity contribution in [2.45, 2.75) is 92.9 Å². The van der Waals surface area contributed by atoms with Crippen LogP contribution in [0, 0.1) is 35.5 Å². The average Bonchev–Trinajstić information content (AvgIpc) is 2.50. The van der Waals surface area contributed by atoms with Crippen LogP contribution in [-0.4, -0.2) is 35.6 Å². The first kappa shape index (κ1) is 20.2. The van der Waals surface area contributed by atoms with E-state index in [0.717, 1.165) is 0 Å². The fraction of sp³-hybridized carbons (Fsp3) is 1.00. The first-order valence-electron chi connectivity index (χ1n) is 9.88. The molecule has 2 saturated heterocycles. The third-order valence-electron chi connectivity index (χ3n) is 7.98. The van der Waals surface area contributed by atoms with E-state index < -0.39 is 0 Å². The molecule has 3 nitrogen and oxygen atoms in total. The van der Waals surface area contributed by atoms with E-state index in [-0.39, 0.29) is 23.7 Å². The normalized spacial score (nSPS) is 48.5. The third kappa shape index (κ3) is 3.29. The van der Waals surface area contributed by atoms with Gasteiger partial charge in [0.2, 0.25) is 0 Å². The van der Waals surface area contributed by atoms with E-state index in [1.165, 1.54) is 0 Å². The molecule has 0 radical (unpaired) electrons. The number of hydrogen-bond acceptors (Lipinski definition) is 3. The first-order valence-corrected chi connectivity index (χ1v) is 9.88. The van der Waals surface area contributed by atoms with Gasteiger partial charge in [-0.1, -0.05) is 41.5 Å². The molecule has 142 valence electrons. The third-order valence-corrected chi connectivity index (χ3v) is 7.98. The lowest BCUT2D eigenvalue weighted by molar-refractivity contribution is -0.297. The molecule has 8 atom stereocenters. The second kappa shape index (κ2) is 6.55. The van der Waals surface area contributed by atoms with Gasteiger partial charge in [0, 0.05) is 0 Å². The van der Waals surface area contributed by atoms with E-state index in [9.17, 15) is 0 Å². The summed E-state index contributed by atoms with van der Waals surface area (Å²) in [5.41, 5.74) is -0.200. The Morgan fingerprint density at radius 3 is 1.17 bits per heavy atom. The van der Waals surface area contributed by atoms with E-state index in [0.29, 0.717) is 35.5 Å². The average molecular weight is 340 g/mol. The minimum absolute atomic E-state index is 0.100. The summed E-state index contributed by atoms with van der Waals surface area (Å²) in [5, 5.41) is 0. The number of rotatable bonds is 2. The Labute approximate surface area is 150 Å². The fourth-order valence-electron chi connectivity index (χ4n) is 4.80. The lowest BCUT2D eigenvalue weighted by atomic mass is 9.71. The molecule has 8 unspecified atom stereocenters. The molecule has 2 aliphatic heterocycles. The van der Waals surface area contributed by atoms with Gasteiger partial charge in [-0.15, -0.1) is 0 Å². The summed E-state index contributed by atoms with van der Waals surface area (Å²) in [6, 6.07) is 0. The Kier molecular flexibility index (Phi) is 5.52. The van der Waals surface area contributed by atoms with Gasteiger partial charge in [-0.3, -0.25) is 4.90 Å². The summed E-state index contributed by atoms with van der Waals surface area (Å²) in [5.74, 6) is 3.35. The predicted molar refractivity (Wildman–Crippen MR) is 101 cm³/mol. The van der Waals surface area contributed by atoms with Gasteiger partial charge in [0.1, 0.15) is 12.5 Å². The summed E-state index contributed by atoms with van der Waals surface area (Å²) >= 11 is 0. The van der Waals surface area contributed by atoms with Gasteiger partial charge in [0.25, 0.3) is 0 Å². The van der Waals surface area contributed by atoms with Crippen molar-refractivity contribution in [1.82, 2.24) is 4.90 Å². The van der Waals surface area contributed by atoms with Gasteiger partial charge in [0.15, 0.2) is 0 Å². The highest BCUT2D eigenvalue weighted by atomic mass is 16.6. The number of hydrogen-bond donors (Lipinski definition) is 0. The second-order valence-corrected chi connectivity index (χ2v) is 9.90. The topological polar surface area (TPSA) is 21.7 Å². The second-order valence-electron chi connectivity index (χ2n) is 9.90. The number of nitrogens with zero attached hydrogens (tertiary/aromatic N) is 1. The molecule has 0 aliphatic carbocycles. The molecular weight excluding hydrogens is 298 g/mol. The highest BCUT2D eigenvalue weighted by Crippen LogP contribution is 2.46. The van der Waals surface area contributed by atoms with Crippen molar-refractivity contribution in [3.8, 4) is 0 Å². The summed E-state index contributed by atoms with van der Waals surface area (Å²) in [4.78, 5) is 2.38. The van der Waals surface area contributed by atoms with Crippen LogP contribution in [0.5, 0.6) is 0 Å². The zero-order chi connectivity index (χ0) is 18.6. The van der Waals surface area contributed by atoms with Crippen molar-refractivity contribution in [1.29, 1.82) is 0 Å². The van der Waals surface area contributed by atoms with E-state index in [1.807, 2.05) is 0 Å². The lowest BCUT2D eigenvalue weighted by Gasteiger charge is -2.56. The molecule has 24 heavy (non-hydrogen) atoms. The Bertz CT molecular complexity index is 407. The Hall–Kier alpha value is -0.120. The van der Waals surface area contributed by atoms with Crippen LogP contribution in [0.15, 0.2) is 0 Å². The molecule has 0 saturated carbocycles. The quantitative estimate of drug-likeness (QED) is 0.706. The van der Waals surface area contributed by atoms with Crippen LogP contribution in [0.25, 0.3) is 0 Å². The summed E-state index contributed by atoms with van der Waals surface area (Å²) in [6.07, 6.45) is 0.213. The molecule has 0 aromatic rings. The lowest BCUT2D eigenvalue weighted by Crippen LogP contribution is -2.62. The van der Waals surface area contributed by atoms with Crippen molar-refractivity contribution in [2.24, 2.45) is 35.5 Å². The molecule has 0 bridgehead atoms. The zero-order valence-corrected chi connectivity index (χ0v) is 17.9. The maximum absolute atomic E-state index is 6.61. The summed E-state index contributed by atoms with van der Waals surface area (Å²) < 4.78 is 13.2. The van der Waals surface area contributed by atoms with Crippen molar-refractivity contribution in [3.05, 3.63) is 0 Å². The molecule has 0 amide bonds. The van der Waals surface area contributed by atoms with Crippen molar-refractivity contribution in [2.75, 3.05) is 7.05 Å². The smallest absolute Gasteiger partial charge is 0.115 e. The maximum atomic E-state index is 6.61. The first-order chi connectivity index (χ1) is 10.8. The van der Waals surface area contributed by atoms with Crippen molar-refractivity contribution < 1.29 is 9.47 Å². The summed E-state index contributed by atoms with van der Waals surface area (Å²) in [7, 11) is 2.19. The standard InChI is InChI=1S/C21H41NO2/c1-12-14(3)18(23-20(7,8)16(12)5)22(11)19-15(4)13(2)17(6)21(9,10)24-19/h12-19H,1-11H3. The predicted octanol–water partition coefficient (Wildman–Crippen LogP) is 5.00. The van der Waals surface area contributed by atoms with Crippen LogP contribution in [0.2, 0.25) is 0 Å². The fourth-order valence-corrected chi connectivity index (χ4v) is 4.80. The minimum Gasteiger partial charge on any atom is -0.357 e. The van der Waals surface area contributed by atoms with E-state index in [1.54, 1.807) is 0 Å². The van der Waals surface area contributed by atoms with Crippen LogP contribution < -0.4 is 0 Å². The van der Waals surface area contributed by atoms with Crippen LogP contribution in [0.3, 0.4) is 0 Å². The van der Waals surface area contributed by atoms with Crippen LogP contribution in [-0.2, 0) is 9.47 Å². The molecule has 0 aromatic carbocycles. The van der Waals surface area contributed by atoms with Crippen LogP contribution >= 0.6 is 0 Å². The molecule has 2 rings (SSSR count). The monoisotopic (exact) mass is 339 g/mol. The molecule has 3 heteroatoms. The molecule has 2 aliphatic rings. The Morgan fingerprint density at radius 1 is 0.583 bits per heavy atom. The molecule has 2 heterocycles. The van der Waals surface area contributed by atoms with Crippen LogP contribution in [0.1, 0.15) is 69.2 Å². The van der Waals surface area contributed by atoms with Crippen LogP contribution in [0.4, 0.5) is 0 Å². The van der Waals surface area contributed by atoms with Gasteiger partial charge in [-0.2, -0.15) is 0 Å². The number of ether oxygens (including phenoxy) is 2. The molecule has 0 aromatic heterocycles. The molecule has 0 spiro atoms. The summed E-state index contributed by atoms with van der Waals surface area (Å²) in [6.45, 7) is 23.0. The molecular formula is C21H41NO2. The van der Waals surface area contributed by atoms with Gasteiger partial charge >= 0.3 is 0 Å². The minimum atomic E-state index is -0.100. The Morgan fingerprint density at radius 2 is 0.875 bits per heavy atom. The van der Waals surface area contributed by atoms with Crippen molar-refractivity contribution >= 4 is 0 Å². The van der Waals surface area contributed by atoms with Gasteiger partial charge in [0.05, 0.1) is 11.2 Å². The van der Waals surface area contributed by atoms with Gasteiger partial charge in [-0.05, 0) is 70.3 Å². The molecule has 0 N–H and O–H groups in total.